The van der Waals surface area contributed by atoms with Crippen molar-refractivity contribution in [2.75, 3.05) is 106 Å². The standard InChI is InChI=1S/C53H60N6O10/c1-63-17-18-67-20-19-66-16-15-57(14-8-13-51(54)60)38-22-34(32-68-49-28-43-41(26-47(49)64-2)52(61)58-39(30-55-43)24-36-9-4-6-11-45(36)58)21-35(23-38)33-69-50-29-44-42(27-48(50)65-3)53(62)59-40(31-56-44)25-37-10-5-7-12-46(37)59/h4-7,9-12,21-23,26-29,39-40,55-56H,8,13-20,24-25,30-33H2,1-3H3,(H2,54,60)/t39-,40-/m0/s1. The molecule has 0 aliphatic carbocycles. The number of amides is 3. The fourth-order valence-electron chi connectivity index (χ4n) is 9.69. The van der Waals surface area contributed by atoms with Gasteiger partial charge in [-0.15, -0.1) is 0 Å². The fourth-order valence-corrected chi connectivity index (χ4v) is 9.69. The lowest BCUT2D eigenvalue weighted by atomic mass is 10.1. The van der Waals surface area contributed by atoms with E-state index >= 15 is 0 Å². The molecule has 0 spiro atoms. The Labute approximate surface area is 402 Å². The number of nitrogens with zero attached hydrogens (tertiary/aromatic N) is 3. The molecular formula is C53H60N6O10. The van der Waals surface area contributed by atoms with E-state index in [-0.39, 0.29) is 49.4 Å². The first kappa shape index (κ1) is 47.1. The minimum Gasteiger partial charge on any atom is -0.493 e. The van der Waals surface area contributed by atoms with Gasteiger partial charge in [0.15, 0.2) is 23.0 Å². The summed E-state index contributed by atoms with van der Waals surface area (Å²) in [5.74, 6) is 1.25. The molecule has 4 N–H and O–H groups in total. The van der Waals surface area contributed by atoms with Gasteiger partial charge in [0.2, 0.25) is 5.91 Å². The molecule has 4 aliphatic rings. The average Bonchev–Trinajstić information content (AvgIpc) is 3.85. The molecule has 5 aromatic carbocycles. The number of para-hydroxylation sites is 2. The summed E-state index contributed by atoms with van der Waals surface area (Å²) >= 11 is 0. The van der Waals surface area contributed by atoms with Crippen molar-refractivity contribution in [1.29, 1.82) is 0 Å². The van der Waals surface area contributed by atoms with Crippen LogP contribution in [0, 0.1) is 0 Å². The molecular weight excluding hydrogens is 881 g/mol. The molecule has 16 heteroatoms. The van der Waals surface area contributed by atoms with Crippen LogP contribution in [0.2, 0.25) is 0 Å². The molecule has 0 unspecified atom stereocenters. The van der Waals surface area contributed by atoms with Crippen molar-refractivity contribution in [3.05, 3.63) is 124 Å². The number of nitrogens with two attached hydrogens (primary N) is 1. The van der Waals surface area contributed by atoms with Gasteiger partial charge in [-0.3, -0.25) is 14.4 Å². The summed E-state index contributed by atoms with van der Waals surface area (Å²) in [6, 6.07) is 29.3. The fraction of sp³-hybridized carbons (Fsp3) is 0.377. The van der Waals surface area contributed by atoms with Crippen LogP contribution < -0.4 is 50.0 Å². The molecule has 4 heterocycles. The Balaban J connectivity index is 0.980. The number of methoxy groups -OCH3 is 3. The normalized spacial score (nSPS) is 16.4. The lowest BCUT2D eigenvalue weighted by molar-refractivity contribution is -0.118. The van der Waals surface area contributed by atoms with E-state index in [0.29, 0.717) is 111 Å². The molecule has 3 amide bonds. The molecule has 0 bridgehead atoms. The van der Waals surface area contributed by atoms with Crippen LogP contribution in [0.3, 0.4) is 0 Å². The second-order valence-corrected chi connectivity index (χ2v) is 17.5. The second-order valence-electron chi connectivity index (χ2n) is 17.5. The third-order valence-electron chi connectivity index (χ3n) is 13.1. The Hall–Kier alpha value is -7.01. The lowest BCUT2D eigenvalue weighted by Crippen LogP contribution is -2.39. The molecule has 0 fully saturated rings. The molecule has 69 heavy (non-hydrogen) atoms. The number of carbonyl (C=O) groups excluding carboxylic acids is 3. The smallest absolute Gasteiger partial charge is 0.260 e. The Morgan fingerprint density at radius 3 is 1.65 bits per heavy atom. The van der Waals surface area contributed by atoms with Gasteiger partial charge in [-0.1, -0.05) is 36.4 Å². The zero-order valence-corrected chi connectivity index (χ0v) is 39.4. The third kappa shape index (κ3) is 10.4. The zero-order chi connectivity index (χ0) is 47.9. The summed E-state index contributed by atoms with van der Waals surface area (Å²) in [7, 11) is 4.76. The van der Waals surface area contributed by atoms with Crippen molar-refractivity contribution >= 4 is 46.2 Å². The topological polar surface area (TPSA) is 176 Å². The first-order valence-corrected chi connectivity index (χ1v) is 23.5. The Morgan fingerprint density at radius 1 is 0.638 bits per heavy atom. The van der Waals surface area contributed by atoms with Gasteiger partial charge >= 0.3 is 0 Å². The van der Waals surface area contributed by atoms with E-state index in [1.165, 1.54) is 0 Å². The Bertz CT molecular complexity index is 2520. The van der Waals surface area contributed by atoms with E-state index in [1.807, 2.05) is 76.5 Å². The monoisotopic (exact) mass is 940 g/mol. The van der Waals surface area contributed by atoms with Gasteiger partial charge in [-0.2, -0.15) is 0 Å². The number of anilines is 5. The first-order chi connectivity index (χ1) is 33.7. The van der Waals surface area contributed by atoms with Gasteiger partial charge in [-0.05, 0) is 84.0 Å². The molecule has 4 aliphatic heterocycles. The van der Waals surface area contributed by atoms with Crippen LogP contribution in [0.4, 0.5) is 28.4 Å². The molecule has 9 rings (SSSR count). The van der Waals surface area contributed by atoms with Crippen LogP contribution in [0.15, 0.2) is 91.0 Å². The van der Waals surface area contributed by atoms with E-state index in [2.05, 4.69) is 27.7 Å². The first-order valence-electron chi connectivity index (χ1n) is 23.5. The lowest BCUT2D eigenvalue weighted by Gasteiger charge is -2.26. The second kappa shape index (κ2) is 21.5. The summed E-state index contributed by atoms with van der Waals surface area (Å²) in [4.78, 5) is 46.1. The average molecular weight is 941 g/mol. The van der Waals surface area contributed by atoms with Gasteiger partial charge in [0.05, 0.1) is 81.8 Å². The number of ether oxygens (including phenoxy) is 7. The van der Waals surface area contributed by atoms with Crippen molar-refractivity contribution in [3.8, 4) is 23.0 Å². The molecule has 0 radical (unpaired) electrons. The molecule has 5 aromatic rings. The largest absolute Gasteiger partial charge is 0.493 e. The van der Waals surface area contributed by atoms with Crippen molar-refractivity contribution in [2.24, 2.45) is 5.73 Å². The Morgan fingerprint density at radius 2 is 1.14 bits per heavy atom. The molecule has 0 saturated heterocycles. The van der Waals surface area contributed by atoms with Gasteiger partial charge in [0.1, 0.15) is 13.2 Å². The highest BCUT2D eigenvalue weighted by Gasteiger charge is 2.39. The molecule has 0 aromatic heterocycles. The molecule has 362 valence electrons. The van der Waals surface area contributed by atoms with Gasteiger partial charge in [0.25, 0.3) is 11.8 Å². The summed E-state index contributed by atoms with van der Waals surface area (Å²) in [5, 5.41) is 7.04. The highest BCUT2D eigenvalue weighted by molar-refractivity contribution is 6.13. The van der Waals surface area contributed by atoms with Crippen LogP contribution in [0.25, 0.3) is 0 Å². The quantitative estimate of drug-likeness (QED) is 0.0634. The number of carbonyl (C=O) groups is 3. The maximum atomic E-state index is 14.1. The van der Waals surface area contributed by atoms with Crippen molar-refractivity contribution in [1.82, 2.24) is 0 Å². The number of nitrogens with one attached hydrogen (secondary N) is 2. The number of hydrogen-bond acceptors (Lipinski definition) is 13. The van der Waals surface area contributed by atoms with Crippen LogP contribution in [0.5, 0.6) is 23.0 Å². The van der Waals surface area contributed by atoms with E-state index in [0.717, 1.165) is 52.2 Å². The SMILES string of the molecule is COCCOCCOCCN(CCCC(N)=O)c1cc(COc2cc3c(cc2OC)C(=O)N2c4ccccc4C[C@H]2CN3)cc(COc2cc3c(cc2OC)C(=O)N2c4ccccc4C[C@H]2CN3)c1. The van der Waals surface area contributed by atoms with Crippen molar-refractivity contribution in [2.45, 2.75) is 51.0 Å². The van der Waals surface area contributed by atoms with E-state index in [9.17, 15) is 14.4 Å². The molecule has 16 nitrogen and oxygen atoms in total. The summed E-state index contributed by atoms with van der Waals surface area (Å²) in [6.07, 6.45) is 2.30. The van der Waals surface area contributed by atoms with Crippen molar-refractivity contribution < 1.29 is 47.5 Å². The molecule has 0 saturated carbocycles. The van der Waals surface area contributed by atoms with Crippen molar-refractivity contribution in [3.63, 3.8) is 0 Å². The van der Waals surface area contributed by atoms with Gasteiger partial charge in [-0.25, -0.2) is 0 Å². The highest BCUT2D eigenvalue weighted by atomic mass is 16.5. The van der Waals surface area contributed by atoms with E-state index < -0.39 is 0 Å². The van der Waals surface area contributed by atoms with E-state index in [1.54, 1.807) is 33.5 Å². The number of rotatable bonds is 22. The van der Waals surface area contributed by atoms with Crippen LogP contribution in [-0.4, -0.2) is 110 Å². The predicted octanol–water partition coefficient (Wildman–Crippen LogP) is 6.61. The Kier molecular flexibility index (Phi) is 14.7. The number of fused-ring (bicyclic) bond motifs is 8. The summed E-state index contributed by atoms with van der Waals surface area (Å²) in [6.45, 7) is 4.74. The maximum Gasteiger partial charge on any atom is 0.260 e. The van der Waals surface area contributed by atoms with Crippen LogP contribution >= 0.6 is 0 Å². The predicted molar refractivity (Wildman–Crippen MR) is 264 cm³/mol. The number of hydrogen-bond donors (Lipinski definition) is 3. The van der Waals surface area contributed by atoms with Crippen LogP contribution in [-0.2, 0) is 45.1 Å². The van der Waals surface area contributed by atoms with Gasteiger partial charge in [0, 0.05) is 68.9 Å². The zero-order valence-electron chi connectivity index (χ0n) is 39.4. The number of benzene rings is 5. The number of primary amides is 1. The minimum atomic E-state index is -0.372. The molecule has 2 atom stereocenters. The van der Waals surface area contributed by atoms with Gasteiger partial charge < -0.3 is 64.2 Å². The summed E-state index contributed by atoms with van der Waals surface area (Å²) < 4.78 is 41.5. The highest BCUT2D eigenvalue weighted by Crippen LogP contribution is 2.43. The summed E-state index contributed by atoms with van der Waals surface area (Å²) in [5.41, 5.74) is 14.6. The van der Waals surface area contributed by atoms with Crippen LogP contribution in [0.1, 0.15) is 55.8 Å². The third-order valence-corrected chi connectivity index (χ3v) is 13.1. The van der Waals surface area contributed by atoms with E-state index in [4.69, 9.17) is 38.9 Å². The maximum absolute atomic E-state index is 14.1. The minimum absolute atomic E-state index is 0.0213.